The van der Waals surface area contributed by atoms with Crippen molar-refractivity contribution in [3.05, 3.63) is 168 Å². The van der Waals surface area contributed by atoms with Gasteiger partial charge in [-0.25, -0.2) is 0 Å². The first-order valence-corrected chi connectivity index (χ1v) is 17.9. The molecular weight excluding hydrogens is 601 g/mol. The molecule has 0 spiro atoms. The van der Waals surface area contributed by atoms with E-state index in [4.69, 9.17) is 4.99 Å². The van der Waals surface area contributed by atoms with Crippen molar-refractivity contribution in [1.82, 2.24) is 4.57 Å². The second kappa shape index (κ2) is 12.1. The average Bonchev–Trinajstić information content (AvgIpc) is 3.67. The molecule has 0 aliphatic carbocycles. The fraction of sp³-hybridized carbons (Fsp3) is 0.133. The van der Waals surface area contributed by atoms with Crippen molar-refractivity contribution in [2.24, 2.45) is 10.9 Å². The van der Waals surface area contributed by atoms with Crippen LogP contribution in [0.3, 0.4) is 0 Å². The lowest BCUT2D eigenvalue weighted by Crippen LogP contribution is -2.17. The van der Waals surface area contributed by atoms with Gasteiger partial charge in [-0.2, -0.15) is 0 Å². The Hall–Kier alpha value is -5.25. The lowest BCUT2D eigenvalue weighted by atomic mass is 9.80. The number of nitrogens with zero attached hydrogens (tertiary/aromatic N) is 2. The fourth-order valence-corrected chi connectivity index (χ4v) is 9.05. The number of thiophene rings is 1. The van der Waals surface area contributed by atoms with Crippen LogP contribution >= 0.6 is 11.3 Å². The number of fused-ring (bicyclic) bond motifs is 6. The second-order valence-electron chi connectivity index (χ2n) is 12.9. The van der Waals surface area contributed by atoms with Gasteiger partial charge in [-0.3, -0.25) is 4.99 Å². The van der Waals surface area contributed by atoms with E-state index in [1.807, 2.05) is 11.3 Å². The first kappa shape index (κ1) is 28.9. The summed E-state index contributed by atoms with van der Waals surface area (Å²) in [6, 6.07) is 53.4. The lowest BCUT2D eigenvalue weighted by Gasteiger charge is -2.29. The van der Waals surface area contributed by atoms with Crippen LogP contribution in [0.5, 0.6) is 0 Å². The highest BCUT2D eigenvalue weighted by Gasteiger charge is 2.28. The van der Waals surface area contributed by atoms with E-state index >= 15 is 0 Å². The van der Waals surface area contributed by atoms with Crippen LogP contribution in [0.1, 0.15) is 48.9 Å². The molecule has 0 radical (unpaired) electrons. The second-order valence-corrected chi connectivity index (χ2v) is 14.0. The molecule has 3 heteroatoms. The van der Waals surface area contributed by atoms with Crippen LogP contribution in [-0.4, -0.2) is 10.3 Å². The third-order valence-electron chi connectivity index (χ3n) is 10.1. The van der Waals surface area contributed by atoms with Gasteiger partial charge in [0.25, 0.3) is 0 Å². The van der Waals surface area contributed by atoms with E-state index in [9.17, 15) is 0 Å². The molecule has 0 amide bonds. The summed E-state index contributed by atoms with van der Waals surface area (Å²) >= 11 is 1.91. The van der Waals surface area contributed by atoms with E-state index in [0.717, 1.165) is 19.3 Å². The van der Waals surface area contributed by atoms with Gasteiger partial charge >= 0.3 is 0 Å². The molecular formula is C45H36N2S. The molecule has 0 N–H and O–H groups in total. The number of benzene rings is 6. The van der Waals surface area contributed by atoms with Crippen molar-refractivity contribution in [2.45, 2.75) is 32.2 Å². The quantitative estimate of drug-likeness (QED) is 0.179. The highest BCUT2D eigenvalue weighted by molar-refractivity contribution is 7.25. The summed E-state index contributed by atoms with van der Waals surface area (Å²) in [6.45, 7) is 2.32. The third kappa shape index (κ3) is 4.89. The number of para-hydroxylation sites is 2. The summed E-state index contributed by atoms with van der Waals surface area (Å²) in [6.07, 6.45) is 5.44. The molecule has 1 aliphatic heterocycles. The van der Waals surface area contributed by atoms with Gasteiger partial charge in [0.15, 0.2) is 0 Å². The van der Waals surface area contributed by atoms with E-state index in [2.05, 4.69) is 163 Å². The number of aliphatic imine (C=N–C) groups is 1. The SMILES string of the molecule is CCC1/C(c2ccc3c(c2)sc2cc(-n4c5ccccc5c5ccccc54)ccc23)=C\CC/C(c2ccccc2)=N\[C@@H]1c1ccccc1. The zero-order valence-electron chi connectivity index (χ0n) is 27.0. The minimum atomic E-state index is 0.0600. The molecule has 2 atom stereocenters. The van der Waals surface area contributed by atoms with E-state index in [1.165, 1.54) is 75.6 Å². The first-order valence-electron chi connectivity index (χ1n) is 17.1. The molecule has 6 aromatic carbocycles. The van der Waals surface area contributed by atoms with E-state index in [0.29, 0.717) is 0 Å². The van der Waals surface area contributed by atoms with Crippen molar-refractivity contribution < 1.29 is 0 Å². The predicted molar refractivity (Wildman–Crippen MR) is 207 cm³/mol. The minimum Gasteiger partial charge on any atom is -0.309 e. The Morgan fingerprint density at radius 3 is 1.96 bits per heavy atom. The van der Waals surface area contributed by atoms with Crippen LogP contribution in [0.2, 0.25) is 0 Å². The van der Waals surface area contributed by atoms with Crippen LogP contribution in [0.4, 0.5) is 0 Å². The molecule has 0 bridgehead atoms. The Morgan fingerprint density at radius 2 is 1.25 bits per heavy atom. The topological polar surface area (TPSA) is 17.3 Å². The van der Waals surface area contributed by atoms with Gasteiger partial charge in [-0.15, -0.1) is 11.3 Å². The Labute approximate surface area is 285 Å². The van der Waals surface area contributed by atoms with Crippen molar-refractivity contribution in [3.8, 4) is 5.69 Å². The van der Waals surface area contributed by atoms with E-state index in [1.54, 1.807) is 0 Å². The monoisotopic (exact) mass is 636 g/mol. The highest BCUT2D eigenvalue weighted by atomic mass is 32.1. The van der Waals surface area contributed by atoms with Crippen LogP contribution in [0, 0.1) is 5.92 Å². The summed E-state index contributed by atoms with van der Waals surface area (Å²) in [5, 5.41) is 5.24. The Bertz CT molecular complexity index is 2440. The van der Waals surface area contributed by atoms with Crippen molar-refractivity contribution in [2.75, 3.05) is 0 Å². The molecule has 0 saturated heterocycles. The highest BCUT2D eigenvalue weighted by Crippen LogP contribution is 2.44. The number of aromatic nitrogens is 1. The molecule has 8 aromatic rings. The molecule has 1 aliphatic rings. The van der Waals surface area contributed by atoms with E-state index < -0.39 is 0 Å². The predicted octanol–water partition coefficient (Wildman–Crippen LogP) is 12.6. The number of allylic oxidation sites excluding steroid dienone is 1. The van der Waals surface area contributed by atoms with E-state index in [-0.39, 0.29) is 12.0 Å². The van der Waals surface area contributed by atoms with Gasteiger partial charge in [0.2, 0.25) is 0 Å². The summed E-state index contributed by atoms with van der Waals surface area (Å²) in [4.78, 5) is 5.55. The number of hydrogen-bond donors (Lipinski definition) is 0. The maximum absolute atomic E-state index is 5.55. The smallest absolute Gasteiger partial charge is 0.0820 e. The summed E-state index contributed by atoms with van der Waals surface area (Å²) < 4.78 is 5.07. The molecule has 0 saturated carbocycles. The molecule has 48 heavy (non-hydrogen) atoms. The van der Waals surface area contributed by atoms with Crippen molar-refractivity contribution in [3.63, 3.8) is 0 Å². The molecule has 2 nitrogen and oxygen atoms in total. The van der Waals surface area contributed by atoms with Gasteiger partial charge in [0.1, 0.15) is 0 Å². The van der Waals surface area contributed by atoms with Crippen molar-refractivity contribution >= 4 is 64.6 Å². The lowest BCUT2D eigenvalue weighted by molar-refractivity contribution is 0.519. The molecule has 2 aromatic heterocycles. The van der Waals surface area contributed by atoms with Gasteiger partial charge < -0.3 is 4.57 Å². The normalized spacial score (nSPS) is 19.2. The Kier molecular flexibility index (Phi) is 7.28. The zero-order chi connectivity index (χ0) is 32.0. The third-order valence-corrected chi connectivity index (χ3v) is 11.3. The minimum absolute atomic E-state index is 0.0600. The maximum atomic E-state index is 5.55. The van der Waals surface area contributed by atoms with Crippen LogP contribution in [0.25, 0.3) is 53.2 Å². The molecule has 232 valence electrons. The van der Waals surface area contributed by atoms with Crippen LogP contribution in [0.15, 0.2) is 157 Å². The van der Waals surface area contributed by atoms with Gasteiger partial charge in [-0.1, -0.05) is 128 Å². The van der Waals surface area contributed by atoms with Crippen LogP contribution in [-0.2, 0) is 0 Å². The zero-order valence-corrected chi connectivity index (χ0v) is 27.8. The molecule has 0 fully saturated rings. The van der Waals surface area contributed by atoms with Crippen LogP contribution < -0.4 is 0 Å². The maximum Gasteiger partial charge on any atom is 0.0820 e. The first-order chi connectivity index (χ1) is 23.8. The van der Waals surface area contributed by atoms with Gasteiger partial charge in [0.05, 0.1) is 17.1 Å². The molecule has 1 unspecified atom stereocenters. The number of hydrogen-bond acceptors (Lipinski definition) is 2. The standard InChI is InChI=1S/C45H36N2S/c1-2-34-35(20-13-21-40(30-14-5-3-6-15-30)46-45(34)31-16-7-4-8-17-31)32-24-26-38-39-27-25-33(29-44(39)48-43(38)28-32)47-41-22-11-9-18-36(41)37-19-10-12-23-42(37)47/h3-12,14-20,22-29,34,45H,2,13,21H2,1H3/b35-20-,46-40+/t34?,45-/m1/s1. The molecule has 9 rings (SSSR count). The fourth-order valence-electron chi connectivity index (χ4n) is 7.87. The number of rotatable bonds is 5. The average molecular weight is 637 g/mol. The summed E-state index contributed by atoms with van der Waals surface area (Å²) in [5.41, 5.74) is 10.2. The largest absolute Gasteiger partial charge is 0.309 e. The molecule has 3 heterocycles. The van der Waals surface area contributed by atoms with Gasteiger partial charge in [0, 0.05) is 48.3 Å². The van der Waals surface area contributed by atoms with Gasteiger partial charge in [-0.05, 0) is 71.9 Å². The summed E-state index contributed by atoms with van der Waals surface area (Å²) in [5.74, 6) is 0.278. The Balaban J connectivity index is 1.14. The Morgan fingerprint density at radius 1 is 0.625 bits per heavy atom. The summed E-state index contributed by atoms with van der Waals surface area (Å²) in [7, 11) is 0. The van der Waals surface area contributed by atoms with Crippen molar-refractivity contribution in [1.29, 1.82) is 0 Å².